The molecule has 1 amide bonds. The quantitative estimate of drug-likeness (QED) is 0.753. The van der Waals surface area contributed by atoms with Crippen LogP contribution in [0.2, 0.25) is 0 Å². The van der Waals surface area contributed by atoms with Gasteiger partial charge in [-0.2, -0.15) is 11.3 Å². The van der Waals surface area contributed by atoms with E-state index in [-0.39, 0.29) is 5.91 Å². The minimum absolute atomic E-state index is 0.0423. The van der Waals surface area contributed by atoms with Gasteiger partial charge < -0.3 is 10.4 Å². The maximum absolute atomic E-state index is 11.2. The molecule has 0 aliphatic rings. The number of aliphatic hydroxyl groups excluding tert-OH is 1. The highest BCUT2D eigenvalue weighted by atomic mass is 32.1. The molecule has 0 unspecified atom stereocenters. The van der Waals surface area contributed by atoms with Gasteiger partial charge in [-0.25, -0.2) is 0 Å². The third-order valence-electron chi connectivity index (χ3n) is 1.54. The van der Waals surface area contributed by atoms with Gasteiger partial charge in [0.1, 0.15) is 0 Å². The normalized spacial score (nSPS) is 12.5. The molecule has 0 fully saturated rings. The molecule has 1 rings (SSSR count). The topological polar surface area (TPSA) is 49.3 Å². The molecule has 0 saturated carbocycles. The third-order valence-corrected chi connectivity index (χ3v) is 2.27. The van der Waals surface area contributed by atoms with Crippen molar-refractivity contribution in [3.05, 3.63) is 22.4 Å². The predicted octanol–water partition coefficient (Wildman–Crippen LogP) is 0.788. The van der Waals surface area contributed by atoms with Crippen LogP contribution in [0.3, 0.4) is 0 Å². The molecule has 3 nitrogen and oxygen atoms in total. The minimum Gasteiger partial charge on any atom is -0.392 e. The van der Waals surface area contributed by atoms with E-state index in [0.717, 1.165) is 5.56 Å². The van der Waals surface area contributed by atoms with Crippen LogP contribution in [0, 0.1) is 0 Å². The number of nitrogens with one attached hydrogen (secondary N) is 1. The molecule has 0 spiro atoms. The number of amides is 1. The molecule has 1 aromatic heterocycles. The average molecular weight is 199 g/mol. The van der Waals surface area contributed by atoms with Crippen molar-refractivity contribution in [2.24, 2.45) is 0 Å². The van der Waals surface area contributed by atoms with Crippen LogP contribution in [0.5, 0.6) is 0 Å². The summed E-state index contributed by atoms with van der Waals surface area (Å²) in [4.78, 5) is 11.2. The second kappa shape index (κ2) is 4.99. The SMILES string of the molecule is C[C@@H](O)CNC(=O)Cc1ccsc1. The summed E-state index contributed by atoms with van der Waals surface area (Å²) in [5.74, 6) is -0.0423. The van der Waals surface area contributed by atoms with E-state index in [1.54, 1.807) is 18.3 Å². The van der Waals surface area contributed by atoms with Gasteiger partial charge >= 0.3 is 0 Å². The van der Waals surface area contributed by atoms with Gasteiger partial charge in [0.25, 0.3) is 0 Å². The number of hydrogen-bond donors (Lipinski definition) is 2. The summed E-state index contributed by atoms with van der Waals surface area (Å²) in [5, 5.41) is 15.4. The lowest BCUT2D eigenvalue weighted by molar-refractivity contribution is -0.120. The number of rotatable bonds is 4. The summed E-state index contributed by atoms with van der Waals surface area (Å²) >= 11 is 1.58. The van der Waals surface area contributed by atoms with Crippen molar-refractivity contribution in [3.63, 3.8) is 0 Å². The molecule has 0 aromatic carbocycles. The number of aliphatic hydroxyl groups is 1. The molecule has 0 aliphatic heterocycles. The lowest BCUT2D eigenvalue weighted by atomic mass is 10.2. The van der Waals surface area contributed by atoms with Crippen molar-refractivity contribution >= 4 is 17.2 Å². The van der Waals surface area contributed by atoms with Gasteiger partial charge in [0.05, 0.1) is 12.5 Å². The molecular formula is C9H13NO2S. The molecule has 1 atom stereocenters. The first kappa shape index (κ1) is 10.2. The largest absolute Gasteiger partial charge is 0.392 e. The Kier molecular flexibility index (Phi) is 3.92. The molecule has 13 heavy (non-hydrogen) atoms. The van der Waals surface area contributed by atoms with Gasteiger partial charge in [-0.05, 0) is 29.3 Å². The van der Waals surface area contributed by atoms with E-state index >= 15 is 0 Å². The van der Waals surface area contributed by atoms with Crippen LogP contribution < -0.4 is 5.32 Å². The number of carbonyl (C=O) groups is 1. The fraction of sp³-hybridized carbons (Fsp3) is 0.444. The van der Waals surface area contributed by atoms with Crippen LogP contribution in [0.1, 0.15) is 12.5 Å². The van der Waals surface area contributed by atoms with E-state index < -0.39 is 6.10 Å². The van der Waals surface area contributed by atoms with Gasteiger partial charge in [0.15, 0.2) is 0 Å². The first-order valence-electron chi connectivity index (χ1n) is 4.14. The van der Waals surface area contributed by atoms with E-state index in [0.29, 0.717) is 13.0 Å². The highest BCUT2D eigenvalue weighted by Gasteiger charge is 2.03. The first-order chi connectivity index (χ1) is 6.18. The minimum atomic E-state index is -0.480. The van der Waals surface area contributed by atoms with Crippen molar-refractivity contribution in [3.8, 4) is 0 Å². The summed E-state index contributed by atoms with van der Waals surface area (Å²) in [6, 6.07) is 1.92. The Morgan fingerprint density at radius 1 is 1.77 bits per heavy atom. The highest BCUT2D eigenvalue weighted by molar-refractivity contribution is 7.07. The van der Waals surface area contributed by atoms with Gasteiger partial charge in [0.2, 0.25) is 5.91 Å². The predicted molar refractivity (Wildman–Crippen MR) is 52.7 cm³/mol. The molecule has 0 aliphatic carbocycles. The molecule has 1 aromatic rings. The summed E-state index contributed by atoms with van der Waals surface area (Å²) in [7, 11) is 0. The van der Waals surface area contributed by atoms with E-state index in [9.17, 15) is 4.79 Å². The average Bonchev–Trinajstić information content (AvgIpc) is 2.53. The molecule has 0 radical (unpaired) electrons. The van der Waals surface area contributed by atoms with E-state index in [2.05, 4.69) is 5.32 Å². The fourth-order valence-electron chi connectivity index (χ4n) is 0.903. The smallest absolute Gasteiger partial charge is 0.224 e. The number of hydrogen-bond acceptors (Lipinski definition) is 3. The van der Waals surface area contributed by atoms with Gasteiger partial charge in [0, 0.05) is 6.54 Å². The van der Waals surface area contributed by atoms with Crippen LogP contribution in [-0.2, 0) is 11.2 Å². The van der Waals surface area contributed by atoms with E-state index in [1.807, 2.05) is 16.8 Å². The van der Waals surface area contributed by atoms with Gasteiger partial charge in [-0.3, -0.25) is 4.79 Å². The molecular weight excluding hydrogens is 186 g/mol. The third kappa shape index (κ3) is 4.05. The Morgan fingerprint density at radius 2 is 2.54 bits per heavy atom. The number of carbonyl (C=O) groups excluding carboxylic acids is 1. The molecule has 2 N–H and O–H groups in total. The van der Waals surface area contributed by atoms with Crippen LogP contribution in [0.15, 0.2) is 16.8 Å². The lowest BCUT2D eigenvalue weighted by Gasteiger charge is -2.05. The standard InChI is InChI=1S/C9H13NO2S/c1-7(11)5-10-9(12)4-8-2-3-13-6-8/h2-3,6-7,11H,4-5H2,1H3,(H,10,12)/t7-/m1/s1. The molecule has 72 valence electrons. The molecule has 1 heterocycles. The lowest BCUT2D eigenvalue weighted by Crippen LogP contribution is -2.31. The molecule has 0 saturated heterocycles. The Bertz CT molecular complexity index is 257. The van der Waals surface area contributed by atoms with E-state index in [4.69, 9.17) is 5.11 Å². The number of thiophene rings is 1. The second-order valence-corrected chi connectivity index (χ2v) is 3.74. The van der Waals surface area contributed by atoms with Gasteiger partial charge in [-0.15, -0.1) is 0 Å². The van der Waals surface area contributed by atoms with E-state index in [1.165, 1.54) is 0 Å². The zero-order chi connectivity index (χ0) is 9.68. The summed E-state index contributed by atoms with van der Waals surface area (Å²) in [6.07, 6.45) is -0.0811. The maximum atomic E-state index is 11.2. The Balaban J connectivity index is 2.26. The maximum Gasteiger partial charge on any atom is 0.224 e. The van der Waals surface area contributed by atoms with Crippen molar-refractivity contribution in [2.75, 3.05) is 6.54 Å². The summed E-state index contributed by atoms with van der Waals surface area (Å²) in [5.41, 5.74) is 1.02. The van der Waals surface area contributed by atoms with Crippen LogP contribution >= 0.6 is 11.3 Å². The summed E-state index contributed by atoms with van der Waals surface area (Å²) < 4.78 is 0. The summed E-state index contributed by atoms with van der Waals surface area (Å²) in [6.45, 7) is 1.97. The first-order valence-corrected chi connectivity index (χ1v) is 5.08. The highest BCUT2D eigenvalue weighted by Crippen LogP contribution is 2.05. The van der Waals surface area contributed by atoms with Crippen LogP contribution in [-0.4, -0.2) is 23.7 Å². The monoisotopic (exact) mass is 199 g/mol. The van der Waals surface area contributed by atoms with Crippen molar-refractivity contribution in [2.45, 2.75) is 19.4 Å². The second-order valence-electron chi connectivity index (χ2n) is 2.96. The van der Waals surface area contributed by atoms with Crippen molar-refractivity contribution in [1.82, 2.24) is 5.32 Å². The van der Waals surface area contributed by atoms with Gasteiger partial charge in [-0.1, -0.05) is 0 Å². The fourth-order valence-corrected chi connectivity index (χ4v) is 1.57. The van der Waals surface area contributed by atoms with Crippen LogP contribution in [0.25, 0.3) is 0 Å². The van der Waals surface area contributed by atoms with Crippen LogP contribution in [0.4, 0.5) is 0 Å². The molecule has 4 heteroatoms. The molecule has 0 bridgehead atoms. The Labute approximate surface area is 81.4 Å². The van der Waals surface area contributed by atoms with Crippen molar-refractivity contribution in [1.29, 1.82) is 0 Å². The zero-order valence-electron chi connectivity index (χ0n) is 7.49. The zero-order valence-corrected chi connectivity index (χ0v) is 8.30. The Morgan fingerprint density at radius 3 is 3.08 bits per heavy atom. The van der Waals surface area contributed by atoms with Crippen molar-refractivity contribution < 1.29 is 9.90 Å². The Hall–Kier alpha value is -0.870.